The van der Waals surface area contributed by atoms with Crippen LogP contribution in [-0.2, 0) is 23.0 Å². The number of nitrogens with one attached hydrogen (secondary N) is 1. The van der Waals surface area contributed by atoms with Crippen LogP contribution in [0.15, 0.2) is 90.0 Å². The molecule has 8 heteroatoms. The van der Waals surface area contributed by atoms with Gasteiger partial charge in [-0.1, -0.05) is 71.8 Å². The fourth-order valence-electron chi connectivity index (χ4n) is 5.32. The van der Waals surface area contributed by atoms with Crippen molar-refractivity contribution >= 4 is 33.2 Å². The van der Waals surface area contributed by atoms with Gasteiger partial charge in [0.15, 0.2) is 0 Å². The molecule has 1 N–H and O–H groups in total. The zero-order valence-electron chi connectivity index (χ0n) is 20.8. The van der Waals surface area contributed by atoms with Gasteiger partial charge in [-0.25, -0.2) is 13.1 Å². The van der Waals surface area contributed by atoms with E-state index in [2.05, 4.69) is 9.29 Å². The molecule has 0 radical (unpaired) electrons. The van der Waals surface area contributed by atoms with E-state index in [9.17, 15) is 13.2 Å². The van der Waals surface area contributed by atoms with Gasteiger partial charge in [0.25, 0.3) is 15.9 Å². The SMILES string of the molecule is Cc1ccc(S(=O)(=O)NC(=O)c2c(-c3ccc(Cl)cc3)c3c4n(c(-c5ccccc5)cn24)CCCC3)cc1. The van der Waals surface area contributed by atoms with E-state index >= 15 is 0 Å². The Bertz CT molecular complexity index is 1770. The number of nitrogens with zero attached hydrogens (tertiary/aromatic N) is 2. The molecule has 0 aliphatic carbocycles. The average Bonchev–Trinajstić information content (AvgIpc) is 3.33. The molecule has 3 aromatic carbocycles. The Hall–Kier alpha value is -3.81. The van der Waals surface area contributed by atoms with Crippen molar-refractivity contribution in [1.29, 1.82) is 0 Å². The van der Waals surface area contributed by atoms with Crippen LogP contribution in [0.25, 0.3) is 28.0 Å². The molecule has 0 saturated heterocycles. The fraction of sp³-hybridized carbons (Fsp3) is 0.167. The van der Waals surface area contributed by atoms with E-state index in [0.717, 1.165) is 65.0 Å². The minimum absolute atomic E-state index is 0.0428. The second-order valence-electron chi connectivity index (χ2n) is 9.64. The van der Waals surface area contributed by atoms with Crippen molar-refractivity contribution in [2.45, 2.75) is 37.6 Å². The summed E-state index contributed by atoms with van der Waals surface area (Å²) in [5.41, 5.74) is 6.77. The number of sulfonamides is 1. The van der Waals surface area contributed by atoms with Gasteiger partial charge in [-0.05, 0) is 61.6 Å². The molecule has 0 spiro atoms. The molecule has 0 saturated carbocycles. The predicted molar refractivity (Wildman–Crippen MR) is 150 cm³/mol. The normalized spacial score (nSPS) is 13.4. The van der Waals surface area contributed by atoms with Crippen LogP contribution >= 0.6 is 11.6 Å². The van der Waals surface area contributed by atoms with Crippen LogP contribution in [0, 0.1) is 6.92 Å². The number of carbonyl (C=O) groups is 1. The van der Waals surface area contributed by atoms with Crippen molar-refractivity contribution in [2.75, 3.05) is 0 Å². The summed E-state index contributed by atoms with van der Waals surface area (Å²) in [4.78, 5) is 14.0. The number of rotatable bonds is 5. The summed E-state index contributed by atoms with van der Waals surface area (Å²) < 4.78 is 32.9. The number of hydrogen-bond acceptors (Lipinski definition) is 3. The summed E-state index contributed by atoms with van der Waals surface area (Å²) in [6.07, 6.45) is 4.69. The summed E-state index contributed by atoms with van der Waals surface area (Å²) in [7, 11) is -4.08. The number of benzene rings is 3. The first-order chi connectivity index (χ1) is 18.3. The lowest BCUT2D eigenvalue weighted by Gasteiger charge is -2.11. The summed E-state index contributed by atoms with van der Waals surface area (Å²) in [5.74, 6) is -0.672. The van der Waals surface area contributed by atoms with Gasteiger partial charge in [0.2, 0.25) is 0 Å². The Morgan fingerprint density at radius 2 is 1.61 bits per heavy atom. The Balaban J connectivity index is 1.58. The van der Waals surface area contributed by atoms with Gasteiger partial charge < -0.3 is 4.57 Å². The molecule has 6 nitrogen and oxygen atoms in total. The topological polar surface area (TPSA) is 72.6 Å². The highest BCUT2D eigenvalue weighted by Gasteiger charge is 2.31. The van der Waals surface area contributed by atoms with Crippen LogP contribution in [0.3, 0.4) is 0 Å². The zero-order valence-corrected chi connectivity index (χ0v) is 22.4. The Kier molecular flexibility index (Phi) is 6.13. The van der Waals surface area contributed by atoms with Crippen LogP contribution in [0.5, 0.6) is 0 Å². The molecule has 6 rings (SSSR count). The van der Waals surface area contributed by atoms with E-state index in [-0.39, 0.29) is 4.90 Å². The molecule has 0 bridgehead atoms. The van der Waals surface area contributed by atoms with E-state index < -0.39 is 15.9 Å². The van der Waals surface area contributed by atoms with Gasteiger partial charge in [0, 0.05) is 28.9 Å². The third-order valence-electron chi connectivity index (χ3n) is 7.11. The van der Waals surface area contributed by atoms with Crippen molar-refractivity contribution in [1.82, 2.24) is 13.7 Å². The standard InChI is InChI=1S/C30H26ClN3O3S/c1-20-10-16-24(17-11-20)38(36,37)32-29(35)28-27(22-12-14-23(31)15-13-22)25-9-5-6-18-33-26(19-34(28)30(25)33)21-7-3-2-4-8-21/h2-4,7-8,10-17,19H,5-6,9,18H2,1H3,(H,32,35). The first-order valence-electron chi connectivity index (χ1n) is 12.5. The van der Waals surface area contributed by atoms with E-state index in [1.807, 2.05) is 60.0 Å². The smallest absolute Gasteiger partial charge is 0.282 e. The molecule has 192 valence electrons. The molecular formula is C30H26ClN3O3S. The lowest BCUT2D eigenvalue weighted by Crippen LogP contribution is -2.31. The van der Waals surface area contributed by atoms with Crippen LogP contribution in [0.2, 0.25) is 5.02 Å². The summed E-state index contributed by atoms with van der Waals surface area (Å²) in [6, 6.07) is 23.8. The predicted octanol–water partition coefficient (Wildman–Crippen LogP) is 6.49. The van der Waals surface area contributed by atoms with Crippen LogP contribution in [0.4, 0.5) is 0 Å². The van der Waals surface area contributed by atoms with Crippen LogP contribution < -0.4 is 4.72 Å². The second kappa shape index (κ2) is 9.49. The lowest BCUT2D eigenvalue weighted by molar-refractivity contribution is 0.0976. The van der Waals surface area contributed by atoms with Crippen molar-refractivity contribution in [3.05, 3.63) is 107 Å². The molecule has 1 aliphatic rings. The number of aromatic nitrogens is 2. The molecule has 3 heterocycles. The van der Waals surface area contributed by atoms with Crippen molar-refractivity contribution in [3.8, 4) is 22.4 Å². The Morgan fingerprint density at radius 3 is 2.32 bits per heavy atom. The van der Waals surface area contributed by atoms with Gasteiger partial charge in [0.1, 0.15) is 11.3 Å². The Morgan fingerprint density at radius 1 is 0.895 bits per heavy atom. The van der Waals surface area contributed by atoms with Crippen molar-refractivity contribution in [3.63, 3.8) is 0 Å². The largest absolute Gasteiger partial charge is 0.325 e. The highest BCUT2D eigenvalue weighted by molar-refractivity contribution is 7.90. The third-order valence-corrected chi connectivity index (χ3v) is 8.71. The van der Waals surface area contributed by atoms with E-state index in [1.165, 1.54) is 12.1 Å². The maximum absolute atomic E-state index is 13.9. The monoisotopic (exact) mass is 543 g/mol. The number of amides is 1. The number of aryl methyl sites for hydroxylation is 3. The van der Waals surface area contributed by atoms with Gasteiger partial charge in [-0.2, -0.15) is 0 Å². The van der Waals surface area contributed by atoms with Crippen molar-refractivity contribution in [2.24, 2.45) is 0 Å². The van der Waals surface area contributed by atoms with Crippen LogP contribution in [-0.4, -0.2) is 23.3 Å². The molecular weight excluding hydrogens is 518 g/mol. The van der Waals surface area contributed by atoms with Crippen LogP contribution in [0.1, 0.15) is 34.5 Å². The van der Waals surface area contributed by atoms with E-state index in [0.29, 0.717) is 10.7 Å². The maximum Gasteiger partial charge on any atom is 0.282 e. The van der Waals surface area contributed by atoms with Gasteiger partial charge in [0.05, 0.1) is 10.6 Å². The quantitative estimate of drug-likeness (QED) is 0.275. The molecule has 0 atom stereocenters. The molecule has 2 aromatic heterocycles. The fourth-order valence-corrected chi connectivity index (χ4v) is 6.40. The minimum Gasteiger partial charge on any atom is -0.325 e. The van der Waals surface area contributed by atoms with Gasteiger partial charge >= 0.3 is 0 Å². The molecule has 5 aromatic rings. The Labute approximate surface area is 226 Å². The third kappa shape index (κ3) is 4.22. The summed E-state index contributed by atoms with van der Waals surface area (Å²) in [6.45, 7) is 2.69. The molecule has 1 amide bonds. The molecule has 0 fully saturated rings. The highest BCUT2D eigenvalue weighted by Crippen LogP contribution is 2.39. The molecule has 1 aliphatic heterocycles. The van der Waals surface area contributed by atoms with Gasteiger partial charge in [-0.15, -0.1) is 0 Å². The zero-order chi connectivity index (χ0) is 26.4. The number of imidazole rings is 1. The first-order valence-corrected chi connectivity index (χ1v) is 14.4. The average molecular weight is 544 g/mol. The molecule has 0 unspecified atom stereocenters. The lowest BCUT2D eigenvalue weighted by atomic mass is 9.98. The van der Waals surface area contributed by atoms with Crippen molar-refractivity contribution < 1.29 is 13.2 Å². The first kappa shape index (κ1) is 24.5. The van der Waals surface area contributed by atoms with E-state index in [4.69, 9.17) is 11.6 Å². The second-order valence-corrected chi connectivity index (χ2v) is 11.8. The van der Waals surface area contributed by atoms with E-state index in [1.54, 1.807) is 24.3 Å². The maximum atomic E-state index is 13.9. The summed E-state index contributed by atoms with van der Waals surface area (Å²) >= 11 is 6.18. The number of halogens is 1. The van der Waals surface area contributed by atoms with Gasteiger partial charge in [-0.3, -0.25) is 9.20 Å². The number of carbonyl (C=O) groups excluding carboxylic acids is 1. The molecule has 38 heavy (non-hydrogen) atoms. The minimum atomic E-state index is -4.08. The summed E-state index contributed by atoms with van der Waals surface area (Å²) in [5, 5.41) is 0.590. The number of hydrogen-bond donors (Lipinski definition) is 1. The highest BCUT2D eigenvalue weighted by atomic mass is 35.5.